The first kappa shape index (κ1) is 26.6. The summed E-state index contributed by atoms with van der Waals surface area (Å²) in [7, 11) is 0. The Morgan fingerprint density at radius 2 is 1.93 bits per heavy atom. The number of rotatable bonds is 7. The molecule has 2 amide bonds. The maximum atomic E-state index is 12.6. The van der Waals surface area contributed by atoms with Crippen molar-refractivity contribution < 1.29 is 9.59 Å². The van der Waals surface area contributed by atoms with Gasteiger partial charge in [0.25, 0.3) is 0 Å². The molecule has 1 aromatic rings. The first-order chi connectivity index (χ1) is 13.7. The third kappa shape index (κ3) is 7.69. The van der Waals surface area contributed by atoms with Gasteiger partial charge in [-0.3, -0.25) is 19.5 Å². The van der Waals surface area contributed by atoms with Crippen molar-refractivity contribution in [3.05, 3.63) is 30.1 Å². The Labute approximate surface area is 192 Å². The van der Waals surface area contributed by atoms with Gasteiger partial charge in [-0.1, -0.05) is 6.07 Å². The molecule has 0 bridgehead atoms. The summed E-state index contributed by atoms with van der Waals surface area (Å²) in [4.78, 5) is 33.3. The molecule has 2 fully saturated rings. The van der Waals surface area contributed by atoms with E-state index in [1.165, 1.54) is 0 Å². The summed E-state index contributed by atoms with van der Waals surface area (Å²) >= 11 is 0. The maximum absolute atomic E-state index is 12.6. The zero-order chi connectivity index (χ0) is 19.8. The monoisotopic (exact) mass is 459 g/mol. The molecular formula is C21H35Cl2N5O2. The molecule has 2 saturated heterocycles. The summed E-state index contributed by atoms with van der Waals surface area (Å²) in [6.45, 7) is 4.63. The van der Waals surface area contributed by atoms with Crippen LogP contribution in [0, 0.1) is 5.92 Å². The molecule has 3 N–H and O–H groups in total. The number of hydrogen-bond donors (Lipinski definition) is 2. The van der Waals surface area contributed by atoms with Crippen LogP contribution < -0.4 is 11.1 Å². The van der Waals surface area contributed by atoms with Crippen molar-refractivity contribution in [2.24, 2.45) is 11.7 Å². The highest BCUT2D eigenvalue weighted by Crippen LogP contribution is 2.24. The molecule has 7 nitrogen and oxygen atoms in total. The minimum Gasteiger partial charge on any atom is -0.352 e. The highest BCUT2D eigenvalue weighted by Gasteiger charge is 2.32. The van der Waals surface area contributed by atoms with Crippen molar-refractivity contribution >= 4 is 36.6 Å². The second kappa shape index (κ2) is 13.8. The van der Waals surface area contributed by atoms with Crippen LogP contribution >= 0.6 is 24.8 Å². The normalized spacial score (nSPS) is 20.0. The van der Waals surface area contributed by atoms with E-state index in [9.17, 15) is 9.59 Å². The van der Waals surface area contributed by atoms with Gasteiger partial charge in [0, 0.05) is 51.0 Å². The molecule has 2 aliphatic rings. The van der Waals surface area contributed by atoms with Gasteiger partial charge in [-0.2, -0.15) is 0 Å². The Bertz CT molecular complexity index is 642. The first-order valence-electron chi connectivity index (χ1n) is 10.6. The fourth-order valence-electron chi connectivity index (χ4n) is 4.28. The number of aromatic nitrogens is 1. The van der Waals surface area contributed by atoms with Gasteiger partial charge in [-0.05, 0) is 56.8 Å². The number of nitrogens with zero attached hydrogens (tertiary/aromatic N) is 3. The Hall–Kier alpha value is -1.41. The molecule has 3 heterocycles. The molecule has 0 spiro atoms. The van der Waals surface area contributed by atoms with E-state index in [-0.39, 0.29) is 42.5 Å². The first-order valence-corrected chi connectivity index (χ1v) is 10.6. The summed E-state index contributed by atoms with van der Waals surface area (Å²) in [6.07, 6.45) is 8.85. The predicted molar refractivity (Wildman–Crippen MR) is 123 cm³/mol. The Balaban J connectivity index is 0.00000225. The number of pyridine rings is 1. The van der Waals surface area contributed by atoms with Crippen LogP contribution in [0.2, 0.25) is 0 Å². The van der Waals surface area contributed by atoms with E-state index in [0.717, 1.165) is 63.8 Å². The Morgan fingerprint density at radius 3 is 2.60 bits per heavy atom. The maximum Gasteiger partial charge on any atom is 0.224 e. The van der Waals surface area contributed by atoms with Crippen LogP contribution in [0.4, 0.5) is 0 Å². The molecule has 30 heavy (non-hydrogen) atoms. The van der Waals surface area contributed by atoms with Gasteiger partial charge in [-0.15, -0.1) is 24.8 Å². The van der Waals surface area contributed by atoms with E-state index in [2.05, 4.69) is 15.2 Å². The average Bonchev–Trinajstić information content (AvgIpc) is 2.76. The van der Waals surface area contributed by atoms with Crippen molar-refractivity contribution in [1.82, 2.24) is 20.1 Å². The van der Waals surface area contributed by atoms with E-state index >= 15 is 0 Å². The second-order valence-electron chi connectivity index (χ2n) is 7.92. The smallest absolute Gasteiger partial charge is 0.224 e. The molecule has 0 aromatic carbocycles. The lowest BCUT2D eigenvalue weighted by Gasteiger charge is -2.42. The van der Waals surface area contributed by atoms with Crippen LogP contribution in [0.3, 0.4) is 0 Å². The third-order valence-corrected chi connectivity index (χ3v) is 5.94. The number of carbonyl (C=O) groups excluding carboxylic acids is 2. The van der Waals surface area contributed by atoms with E-state index in [1.54, 1.807) is 12.4 Å². The zero-order valence-corrected chi connectivity index (χ0v) is 19.1. The van der Waals surface area contributed by atoms with E-state index in [4.69, 9.17) is 5.73 Å². The quantitative estimate of drug-likeness (QED) is 0.650. The number of halogens is 2. The highest BCUT2D eigenvalue weighted by molar-refractivity contribution is 5.85. The molecule has 1 aromatic heterocycles. The Morgan fingerprint density at radius 1 is 1.17 bits per heavy atom. The SMILES string of the molecule is Cl.Cl.NCCCC(=O)N1CCC(N2CCCC(C(=O)NCc3cccnc3)C2)CC1. The summed E-state index contributed by atoms with van der Waals surface area (Å²) in [5, 5.41) is 3.06. The molecule has 170 valence electrons. The van der Waals surface area contributed by atoms with Crippen LogP contribution in [0.5, 0.6) is 0 Å². The number of piperidine rings is 2. The van der Waals surface area contributed by atoms with Crippen LogP contribution in [0.1, 0.15) is 44.1 Å². The zero-order valence-electron chi connectivity index (χ0n) is 17.5. The summed E-state index contributed by atoms with van der Waals surface area (Å²) in [5.74, 6) is 0.424. The topological polar surface area (TPSA) is 91.6 Å². The molecule has 3 rings (SSSR count). The van der Waals surface area contributed by atoms with Gasteiger partial charge >= 0.3 is 0 Å². The number of likely N-dealkylation sites (tertiary alicyclic amines) is 2. The summed E-state index contributed by atoms with van der Waals surface area (Å²) in [5.41, 5.74) is 6.53. The molecule has 1 atom stereocenters. The number of nitrogens with two attached hydrogens (primary N) is 1. The lowest BCUT2D eigenvalue weighted by atomic mass is 9.93. The van der Waals surface area contributed by atoms with Crippen molar-refractivity contribution in [3.63, 3.8) is 0 Å². The Kier molecular flexibility index (Phi) is 12.3. The van der Waals surface area contributed by atoms with Crippen LogP contribution in [-0.4, -0.2) is 65.4 Å². The number of hydrogen-bond acceptors (Lipinski definition) is 5. The molecule has 2 aliphatic heterocycles. The van der Waals surface area contributed by atoms with Gasteiger partial charge in [0.15, 0.2) is 0 Å². The molecule has 0 saturated carbocycles. The van der Waals surface area contributed by atoms with E-state index < -0.39 is 0 Å². The third-order valence-electron chi connectivity index (χ3n) is 5.94. The summed E-state index contributed by atoms with van der Waals surface area (Å²) in [6, 6.07) is 4.34. The standard InChI is InChI=1S/C21H33N5O2.2ClH/c22-9-1-6-20(27)25-12-7-19(8-13-25)26-11-3-5-18(16-26)21(28)24-15-17-4-2-10-23-14-17;;/h2,4,10,14,18-19H,1,3,5-9,11-13,15-16,22H2,(H,24,28);2*1H. The van der Waals surface area contributed by atoms with Crippen LogP contribution in [0.25, 0.3) is 0 Å². The predicted octanol–water partition coefficient (Wildman–Crippen LogP) is 1.98. The van der Waals surface area contributed by atoms with E-state index in [0.29, 0.717) is 25.6 Å². The van der Waals surface area contributed by atoms with Crippen molar-refractivity contribution in [2.75, 3.05) is 32.7 Å². The van der Waals surface area contributed by atoms with Gasteiger partial charge < -0.3 is 16.0 Å². The van der Waals surface area contributed by atoms with Crippen LogP contribution in [0.15, 0.2) is 24.5 Å². The summed E-state index contributed by atoms with van der Waals surface area (Å²) < 4.78 is 0. The lowest BCUT2D eigenvalue weighted by Crippen LogP contribution is -2.51. The molecule has 0 radical (unpaired) electrons. The second-order valence-corrected chi connectivity index (χ2v) is 7.92. The number of carbonyl (C=O) groups is 2. The number of nitrogens with one attached hydrogen (secondary N) is 1. The van der Waals surface area contributed by atoms with Gasteiger partial charge in [0.05, 0.1) is 5.92 Å². The van der Waals surface area contributed by atoms with Gasteiger partial charge in [0.2, 0.25) is 11.8 Å². The fraction of sp³-hybridized carbons (Fsp3) is 0.667. The van der Waals surface area contributed by atoms with Gasteiger partial charge in [0.1, 0.15) is 0 Å². The van der Waals surface area contributed by atoms with Crippen molar-refractivity contribution in [3.8, 4) is 0 Å². The number of amides is 2. The molecule has 0 aliphatic carbocycles. The fourth-order valence-corrected chi connectivity index (χ4v) is 4.28. The van der Waals surface area contributed by atoms with E-state index in [1.807, 2.05) is 17.0 Å². The molecule has 1 unspecified atom stereocenters. The van der Waals surface area contributed by atoms with Crippen LogP contribution in [-0.2, 0) is 16.1 Å². The molecular weight excluding hydrogens is 425 g/mol. The highest BCUT2D eigenvalue weighted by atomic mass is 35.5. The van der Waals surface area contributed by atoms with Gasteiger partial charge in [-0.25, -0.2) is 0 Å². The lowest BCUT2D eigenvalue weighted by molar-refractivity contribution is -0.133. The minimum atomic E-state index is 0. The van der Waals surface area contributed by atoms with Crippen molar-refractivity contribution in [2.45, 2.75) is 51.1 Å². The average molecular weight is 460 g/mol. The molecule has 9 heteroatoms. The minimum absolute atomic E-state index is 0. The van der Waals surface area contributed by atoms with Crippen molar-refractivity contribution in [1.29, 1.82) is 0 Å². The largest absolute Gasteiger partial charge is 0.352 e.